The summed E-state index contributed by atoms with van der Waals surface area (Å²) in [5.41, 5.74) is 0.562. The largest absolute Gasteiger partial charge is 0.496 e. The third-order valence-corrected chi connectivity index (χ3v) is 6.73. The van der Waals surface area contributed by atoms with Crippen molar-refractivity contribution in [1.82, 2.24) is 15.1 Å². The van der Waals surface area contributed by atoms with E-state index in [1.54, 1.807) is 24.1 Å². The minimum Gasteiger partial charge on any atom is -0.496 e. The summed E-state index contributed by atoms with van der Waals surface area (Å²) in [5, 5.41) is 8.18. The average Bonchev–Trinajstić information content (AvgIpc) is 3.13. The van der Waals surface area contributed by atoms with Crippen molar-refractivity contribution in [3.63, 3.8) is 0 Å². The quantitative estimate of drug-likeness (QED) is 0.438. The summed E-state index contributed by atoms with van der Waals surface area (Å²) in [5.74, 6) is 1.25. The first-order valence-corrected chi connectivity index (χ1v) is 10.9. The molecule has 26 heavy (non-hydrogen) atoms. The predicted octanol–water partition coefficient (Wildman–Crippen LogP) is 3.48. The molecular formula is C17H21N3O3S3. The molecule has 9 heteroatoms. The third-order valence-electron chi connectivity index (χ3n) is 3.56. The number of Topliss-reactive ketones (excluding diaryl/α,β-unsaturated/α-hetero) is 1. The molecule has 0 atom stereocenters. The first-order chi connectivity index (χ1) is 12.6. The number of carbonyl (C=O) groups excluding carboxylic acids is 2. The number of aromatic nitrogens is 2. The lowest BCUT2D eigenvalue weighted by atomic mass is 10.1. The summed E-state index contributed by atoms with van der Waals surface area (Å²) in [6.45, 7) is 5.34. The van der Waals surface area contributed by atoms with Gasteiger partial charge >= 0.3 is 0 Å². The molecular weight excluding hydrogens is 390 g/mol. The van der Waals surface area contributed by atoms with Gasteiger partial charge in [-0.3, -0.25) is 9.59 Å². The van der Waals surface area contributed by atoms with Crippen LogP contribution in [0.5, 0.6) is 5.75 Å². The van der Waals surface area contributed by atoms with E-state index in [-0.39, 0.29) is 17.4 Å². The highest BCUT2D eigenvalue weighted by Gasteiger charge is 2.15. The zero-order chi connectivity index (χ0) is 18.9. The van der Waals surface area contributed by atoms with E-state index >= 15 is 0 Å². The van der Waals surface area contributed by atoms with Crippen molar-refractivity contribution in [1.29, 1.82) is 0 Å². The van der Waals surface area contributed by atoms with Crippen LogP contribution in [-0.4, -0.2) is 58.5 Å². The van der Waals surface area contributed by atoms with E-state index in [0.29, 0.717) is 34.5 Å². The maximum atomic E-state index is 12.4. The van der Waals surface area contributed by atoms with Crippen LogP contribution in [0.1, 0.15) is 24.2 Å². The van der Waals surface area contributed by atoms with Gasteiger partial charge in [-0.1, -0.05) is 47.0 Å². The minimum absolute atomic E-state index is 0.0198. The Morgan fingerprint density at radius 2 is 1.69 bits per heavy atom. The van der Waals surface area contributed by atoms with Crippen LogP contribution in [0.25, 0.3) is 0 Å². The lowest BCUT2D eigenvalue weighted by Crippen LogP contribution is -2.31. The van der Waals surface area contributed by atoms with Gasteiger partial charge in [0.05, 0.1) is 24.2 Å². The van der Waals surface area contributed by atoms with Crippen molar-refractivity contribution in [3.8, 4) is 5.75 Å². The normalized spacial score (nSPS) is 10.6. The minimum atomic E-state index is -0.0198. The molecule has 0 saturated carbocycles. The first kappa shape index (κ1) is 20.7. The maximum absolute atomic E-state index is 12.4. The Hall–Kier alpha value is -1.58. The number of rotatable bonds is 10. The van der Waals surface area contributed by atoms with Gasteiger partial charge in [0.2, 0.25) is 5.91 Å². The molecule has 0 spiro atoms. The number of hydrogen-bond donors (Lipinski definition) is 0. The van der Waals surface area contributed by atoms with Crippen molar-refractivity contribution in [2.75, 3.05) is 31.7 Å². The van der Waals surface area contributed by atoms with E-state index in [2.05, 4.69) is 10.2 Å². The number of thioether (sulfide) groups is 2. The molecule has 2 aromatic rings. The lowest BCUT2D eigenvalue weighted by Gasteiger charge is -2.17. The van der Waals surface area contributed by atoms with Crippen molar-refractivity contribution in [2.24, 2.45) is 0 Å². The Morgan fingerprint density at radius 1 is 1.08 bits per heavy atom. The molecule has 0 unspecified atom stereocenters. The topological polar surface area (TPSA) is 72.4 Å². The van der Waals surface area contributed by atoms with Gasteiger partial charge in [-0.2, -0.15) is 0 Å². The van der Waals surface area contributed by atoms with Gasteiger partial charge in [-0.05, 0) is 26.0 Å². The first-order valence-electron chi connectivity index (χ1n) is 8.12. The zero-order valence-corrected chi connectivity index (χ0v) is 17.4. The zero-order valence-electron chi connectivity index (χ0n) is 14.9. The van der Waals surface area contributed by atoms with Gasteiger partial charge in [-0.25, -0.2) is 0 Å². The lowest BCUT2D eigenvalue weighted by molar-refractivity contribution is -0.127. The van der Waals surface area contributed by atoms with E-state index in [9.17, 15) is 9.59 Å². The number of benzene rings is 1. The molecule has 0 aliphatic carbocycles. The van der Waals surface area contributed by atoms with E-state index in [1.165, 1.54) is 34.9 Å². The Kier molecular flexibility index (Phi) is 8.40. The van der Waals surface area contributed by atoms with Crippen LogP contribution in [-0.2, 0) is 4.79 Å². The molecule has 0 fully saturated rings. The van der Waals surface area contributed by atoms with Crippen LogP contribution >= 0.6 is 34.9 Å². The van der Waals surface area contributed by atoms with E-state index in [1.807, 2.05) is 26.0 Å². The highest BCUT2D eigenvalue weighted by Crippen LogP contribution is 2.30. The van der Waals surface area contributed by atoms with Gasteiger partial charge in [0.25, 0.3) is 0 Å². The third kappa shape index (κ3) is 5.72. The number of nitrogens with zero attached hydrogens (tertiary/aromatic N) is 3. The van der Waals surface area contributed by atoms with Gasteiger partial charge in [0.15, 0.2) is 14.5 Å². The Bertz CT molecular complexity index is 748. The highest BCUT2D eigenvalue weighted by atomic mass is 32.2. The summed E-state index contributed by atoms with van der Waals surface area (Å²) in [6, 6.07) is 7.16. The van der Waals surface area contributed by atoms with Crippen LogP contribution in [0, 0.1) is 0 Å². The maximum Gasteiger partial charge on any atom is 0.233 e. The highest BCUT2D eigenvalue weighted by molar-refractivity contribution is 8.03. The standard InChI is InChI=1S/C17H21N3O3S3/c1-4-20(5-2)15(22)11-25-17-19-18-16(26-17)24-10-13(21)12-8-6-7-9-14(12)23-3/h6-9H,4-5,10-11H2,1-3H3. The van der Waals surface area contributed by atoms with Crippen molar-refractivity contribution < 1.29 is 14.3 Å². The van der Waals surface area contributed by atoms with Gasteiger partial charge in [0.1, 0.15) is 5.75 Å². The summed E-state index contributed by atoms with van der Waals surface area (Å²) in [7, 11) is 1.55. The fourth-order valence-corrected chi connectivity index (χ4v) is 4.99. The summed E-state index contributed by atoms with van der Waals surface area (Å²) in [4.78, 5) is 26.2. The number of amides is 1. The smallest absolute Gasteiger partial charge is 0.233 e. The molecule has 0 N–H and O–H groups in total. The number of para-hydroxylation sites is 1. The van der Waals surface area contributed by atoms with Crippen molar-refractivity contribution >= 4 is 46.6 Å². The molecule has 6 nitrogen and oxygen atoms in total. The fraction of sp³-hybridized carbons (Fsp3) is 0.412. The molecule has 1 aromatic heterocycles. The predicted molar refractivity (Wildman–Crippen MR) is 107 cm³/mol. The second-order valence-corrected chi connectivity index (χ2v) is 8.52. The van der Waals surface area contributed by atoms with Crippen molar-refractivity contribution in [3.05, 3.63) is 29.8 Å². The second-order valence-electron chi connectivity index (χ2n) is 5.10. The van der Waals surface area contributed by atoms with Crippen LogP contribution < -0.4 is 4.74 Å². The number of ketones is 1. The fourth-order valence-electron chi connectivity index (χ4n) is 2.18. The van der Waals surface area contributed by atoms with Gasteiger partial charge < -0.3 is 9.64 Å². The molecule has 1 amide bonds. The monoisotopic (exact) mass is 411 g/mol. The number of methoxy groups -OCH3 is 1. The van der Waals surface area contributed by atoms with E-state index < -0.39 is 0 Å². The summed E-state index contributed by atoms with van der Waals surface area (Å²) < 4.78 is 6.67. The molecule has 1 aromatic carbocycles. The molecule has 0 saturated heterocycles. The molecule has 1 heterocycles. The van der Waals surface area contributed by atoms with Crippen LogP contribution in [0.4, 0.5) is 0 Å². The SMILES string of the molecule is CCN(CC)C(=O)CSc1nnc(SCC(=O)c2ccccc2OC)s1. The molecule has 140 valence electrons. The average molecular weight is 412 g/mol. The number of carbonyl (C=O) groups is 2. The van der Waals surface area contributed by atoms with Crippen molar-refractivity contribution in [2.45, 2.75) is 22.5 Å². The molecule has 0 bridgehead atoms. The Labute approximate surface area is 165 Å². The van der Waals surface area contributed by atoms with Gasteiger partial charge in [-0.15, -0.1) is 10.2 Å². The molecule has 2 rings (SSSR count). The molecule has 0 radical (unpaired) electrons. The second kappa shape index (κ2) is 10.5. The molecule has 0 aliphatic heterocycles. The van der Waals surface area contributed by atoms with E-state index in [0.717, 1.165) is 4.34 Å². The van der Waals surface area contributed by atoms with Gasteiger partial charge in [0, 0.05) is 13.1 Å². The van der Waals surface area contributed by atoms with Crippen LogP contribution in [0.3, 0.4) is 0 Å². The number of hydrogen-bond acceptors (Lipinski definition) is 8. The summed E-state index contributed by atoms with van der Waals surface area (Å²) >= 11 is 4.12. The summed E-state index contributed by atoms with van der Waals surface area (Å²) in [6.07, 6.45) is 0. The number of ether oxygens (including phenoxy) is 1. The Morgan fingerprint density at radius 3 is 2.31 bits per heavy atom. The van der Waals surface area contributed by atoms with Crippen LogP contribution in [0.15, 0.2) is 32.9 Å². The molecule has 0 aliphatic rings. The van der Waals surface area contributed by atoms with E-state index in [4.69, 9.17) is 4.74 Å². The van der Waals surface area contributed by atoms with Crippen LogP contribution in [0.2, 0.25) is 0 Å². The Balaban J connectivity index is 1.86.